The van der Waals surface area contributed by atoms with E-state index in [0.29, 0.717) is 6.04 Å². The minimum Gasteiger partial charge on any atom is -0.400 e. The minimum absolute atomic E-state index is 0.374. The highest BCUT2D eigenvalue weighted by atomic mass is 15.1. The van der Waals surface area contributed by atoms with E-state index >= 15 is 0 Å². The predicted octanol–water partition coefficient (Wildman–Crippen LogP) is 2.40. The van der Waals surface area contributed by atoms with Crippen molar-refractivity contribution in [3.63, 3.8) is 0 Å². The van der Waals surface area contributed by atoms with Gasteiger partial charge in [0.2, 0.25) is 0 Å². The summed E-state index contributed by atoms with van der Waals surface area (Å²) in [6.45, 7) is 5.95. The summed E-state index contributed by atoms with van der Waals surface area (Å²) in [5, 5.41) is 0. The van der Waals surface area contributed by atoms with E-state index in [1.807, 2.05) is 12.2 Å². The van der Waals surface area contributed by atoms with Gasteiger partial charge in [0.1, 0.15) is 0 Å². The first-order valence-corrected chi connectivity index (χ1v) is 5.22. The van der Waals surface area contributed by atoms with Crippen LogP contribution in [0.2, 0.25) is 0 Å². The van der Waals surface area contributed by atoms with Crippen LogP contribution in [-0.4, -0.2) is 18.0 Å². The maximum atomic E-state index is 6.01. The van der Waals surface area contributed by atoms with Gasteiger partial charge in [0.25, 0.3) is 0 Å². The van der Waals surface area contributed by atoms with Crippen molar-refractivity contribution in [3.8, 4) is 0 Å². The van der Waals surface area contributed by atoms with Crippen LogP contribution in [0.3, 0.4) is 0 Å². The number of likely N-dealkylation sites (N-methyl/N-ethyl adjacent to an activating group) is 1. The number of allylic oxidation sites excluding steroid dienone is 3. The normalized spacial score (nSPS) is 21.6. The van der Waals surface area contributed by atoms with Crippen molar-refractivity contribution in [1.29, 1.82) is 0 Å². The average molecular weight is 192 g/mol. The van der Waals surface area contributed by atoms with Gasteiger partial charge in [-0.05, 0) is 18.1 Å². The number of nitrogens with zero attached hydrogens (tertiary/aromatic N) is 1. The van der Waals surface area contributed by atoms with Crippen molar-refractivity contribution >= 4 is 0 Å². The van der Waals surface area contributed by atoms with Gasteiger partial charge in [0.05, 0.1) is 6.04 Å². The van der Waals surface area contributed by atoms with E-state index in [2.05, 4.69) is 31.7 Å². The average Bonchev–Trinajstić information content (AvgIpc) is 2.16. The van der Waals surface area contributed by atoms with Gasteiger partial charge < -0.3 is 10.6 Å². The van der Waals surface area contributed by atoms with Crippen molar-refractivity contribution in [1.82, 2.24) is 4.90 Å². The molecule has 0 aliphatic carbocycles. The van der Waals surface area contributed by atoms with Gasteiger partial charge in [-0.15, -0.1) is 0 Å². The Balaban J connectivity index is 2.68. The molecule has 1 atom stereocenters. The molecular weight excluding hydrogens is 172 g/mol. The number of nitrogens with two attached hydrogens (primary N) is 1. The van der Waals surface area contributed by atoms with E-state index in [4.69, 9.17) is 5.73 Å². The van der Waals surface area contributed by atoms with E-state index in [-0.39, 0.29) is 0 Å². The Morgan fingerprint density at radius 3 is 2.86 bits per heavy atom. The first-order valence-electron chi connectivity index (χ1n) is 5.22. The number of unbranched alkanes of at least 4 members (excludes halogenated alkanes) is 1. The van der Waals surface area contributed by atoms with Crippen LogP contribution in [0.25, 0.3) is 0 Å². The smallest absolute Gasteiger partial charge is 0.0678 e. The lowest BCUT2D eigenvalue weighted by atomic mass is 10.0. The Hall–Kier alpha value is -1.18. The lowest BCUT2D eigenvalue weighted by Gasteiger charge is -2.31. The van der Waals surface area contributed by atoms with Crippen molar-refractivity contribution in [2.24, 2.45) is 5.73 Å². The molecule has 0 spiro atoms. The van der Waals surface area contributed by atoms with E-state index in [1.54, 1.807) is 0 Å². The van der Waals surface area contributed by atoms with Gasteiger partial charge in [-0.2, -0.15) is 0 Å². The monoisotopic (exact) mass is 192 g/mol. The molecule has 14 heavy (non-hydrogen) atoms. The highest BCUT2D eigenvalue weighted by Gasteiger charge is 2.18. The summed E-state index contributed by atoms with van der Waals surface area (Å²) in [6, 6.07) is 0.374. The lowest BCUT2D eigenvalue weighted by Crippen LogP contribution is -2.35. The Morgan fingerprint density at radius 2 is 2.36 bits per heavy atom. The molecule has 0 aromatic rings. The van der Waals surface area contributed by atoms with Crippen LogP contribution in [0.5, 0.6) is 0 Å². The molecule has 0 saturated heterocycles. The molecular formula is C12H20N2. The summed E-state index contributed by atoms with van der Waals surface area (Å²) >= 11 is 0. The van der Waals surface area contributed by atoms with Crippen molar-refractivity contribution in [2.45, 2.75) is 32.2 Å². The predicted molar refractivity (Wildman–Crippen MR) is 61.6 cm³/mol. The molecule has 0 fully saturated rings. The van der Waals surface area contributed by atoms with Gasteiger partial charge in [0, 0.05) is 18.9 Å². The standard InChI is InChI=1S/C12H20N2/c1-4-6-7-12-11(13)8-10(5-2)9-14(12)3/h5,8-9,12H,2,4,6-7,13H2,1,3H3. The molecule has 0 aromatic heterocycles. The molecule has 0 saturated carbocycles. The van der Waals surface area contributed by atoms with Gasteiger partial charge in [-0.25, -0.2) is 0 Å². The summed E-state index contributed by atoms with van der Waals surface area (Å²) in [5.74, 6) is 0. The largest absolute Gasteiger partial charge is 0.400 e. The molecule has 0 amide bonds. The van der Waals surface area contributed by atoms with E-state index in [9.17, 15) is 0 Å². The van der Waals surface area contributed by atoms with E-state index in [0.717, 1.165) is 17.7 Å². The molecule has 1 aliphatic heterocycles. The quantitative estimate of drug-likeness (QED) is 0.741. The van der Waals surface area contributed by atoms with Crippen LogP contribution >= 0.6 is 0 Å². The molecule has 1 unspecified atom stereocenters. The van der Waals surface area contributed by atoms with E-state index in [1.165, 1.54) is 12.8 Å². The van der Waals surface area contributed by atoms with Crippen LogP contribution in [0.1, 0.15) is 26.2 Å². The Kier molecular flexibility index (Phi) is 3.81. The molecule has 0 aromatic carbocycles. The second-order valence-corrected chi connectivity index (χ2v) is 3.80. The molecule has 0 bridgehead atoms. The van der Waals surface area contributed by atoms with Crippen molar-refractivity contribution < 1.29 is 0 Å². The third kappa shape index (κ3) is 2.41. The van der Waals surface area contributed by atoms with Gasteiger partial charge in [0.15, 0.2) is 0 Å². The lowest BCUT2D eigenvalue weighted by molar-refractivity contribution is 0.335. The first-order chi connectivity index (χ1) is 6.69. The van der Waals surface area contributed by atoms with Gasteiger partial charge >= 0.3 is 0 Å². The highest BCUT2D eigenvalue weighted by Crippen LogP contribution is 2.20. The zero-order valence-electron chi connectivity index (χ0n) is 9.16. The fourth-order valence-electron chi connectivity index (χ4n) is 1.77. The van der Waals surface area contributed by atoms with Crippen LogP contribution in [0.15, 0.2) is 36.2 Å². The molecule has 1 heterocycles. The summed E-state index contributed by atoms with van der Waals surface area (Å²) in [4.78, 5) is 2.18. The molecule has 78 valence electrons. The highest BCUT2D eigenvalue weighted by molar-refractivity contribution is 5.36. The Labute approximate surface area is 86.8 Å². The van der Waals surface area contributed by atoms with Crippen molar-refractivity contribution in [3.05, 3.63) is 36.2 Å². The summed E-state index contributed by atoms with van der Waals surface area (Å²) in [6.07, 6.45) is 9.53. The van der Waals surface area contributed by atoms with Crippen molar-refractivity contribution in [2.75, 3.05) is 7.05 Å². The van der Waals surface area contributed by atoms with Gasteiger partial charge in [-0.3, -0.25) is 0 Å². The Bertz CT molecular complexity index is 263. The number of hydrogen-bond acceptors (Lipinski definition) is 2. The molecule has 2 nitrogen and oxygen atoms in total. The third-order valence-electron chi connectivity index (χ3n) is 2.63. The molecule has 2 N–H and O–H groups in total. The second-order valence-electron chi connectivity index (χ2n) is 3.80. The summed E-state index contributed by atoms with van der Waals surface area (Å²) in [7, 11) is 2.07. The minimum atomic E-state index is 0.374. The topological polar surface area (TPSA) is 29.3 Å². The van der Waals surface area contributed by atoms with Crippen LogP contribution < -0.4 is 5.73 Å². The number of rotatable bonds is 4. The molecule has 2 heteroatoms. The summed E-state index contributed by atoms with van der Waals surface area (Å²) < 4.78 is 0. The SMILES string of the molecule is C=CC1=CN(C)C(CCCC)C(N)=C1. The zero-order chi connectivity index (χ0) is 10.6. The molecule has 1 rings (SSSR count). The van der Waals surface area contributed by atoms with Gasteiger partial charge in [-0.1, -0.05) is 32.4 Å². The zero-order valence-corrected chi connectivity index (χ0v) is 9.16. The van der Waals surface area contributed by atoms with Crippen LogP contribution in [-0.2, 0) is 0 Å². The van der Waals surface area contributed by atoms with Crippen LogP contribution in [0.4, 0.5) is 0 Å². The molecule has 1 aliphatic rings. The Morgan fingerprint density at radius 1 is 1.64 bits per heavy atom. The maximum Gasteiger partial charge on any atom is 0.0678 e. The molecule has 0 radical (unpaired) electrons. The maximum absolute atomic E-state index is 6.01. The number of hydrogen-bond donors (Lipinski definition) is 1. The van der Waals surface area contributed by atoms with Crippen LogP contribution in [0, 0.1) is 0 Å². The first kappa shape index (κ1) is 10.9. The second kappa shape index (κ2) is 4.89. The summed E-state index contributed by atoms with van der Waals surface area (Å²) in [5.41, 5.74) is 8.06. The fraction of sp³-hybridized carbons (Fsp3) is 0.500. The fourth-order valence-corrected chi connectivity index (χ4v) is 1.77. The van der Waals surface area contributed by atoms with E-state index < -0.39 is 0 Å². The third-order valence-corrected chi connectivity index (χ3v) is 2.63.